The molecule has 294 valence electrons. The van der Waals surface area contributed by atoms with Gasteiger partial charge in [-0.05, 0) is 78.7 Å². The summed E-state index contributed by atoms with van der Waals surface area (Å²) in [7, 11) is 3.04. The van der Waals surface area contributed by atoms with Gasteiger partial charge in [0.2, 0.25) is 11.8 Å². The summed E-state index contributed by atoms with van der Waals surface area (Å²) in [5.74, 6) is 0.0710. The van der Waals surface area contributed by atoms with E-state index in [1.807, 2.05) is 55.1 Å². The largest absolute Gasteiger partial charge is 0.496 e. The lowest BCUT2D eigenvalue weighted by molar-refractivity contribution is -0.141. The van der Waals surface area contributed by atoms with E-state index in [1.54, 1.807) is 13.2 Å². The van der Waals surface area contributed by atoms with Gasteiger partial charge in [-0.2, -0.15) is 18.2 Å². The molecule has 2 atom stereocenters. The van der Waals surface area contributed by atoms with Crippen molar-refractivity contribution in [1.29, 1.82) is 0 Å². The number of aliphatic carboxylic acids is 1. The maximum Gasteiger partial charge on any atom is 0.417 e. The van der Waals surface area contributed by atoms with Crippen LogP contribution in [0, 0.1) is 19.8 Å². The first-order chi connectivity index (χ1) is 26.8. The molecular weight excluding hydrogens is 723 g/mol. The number of nitrogens with one attached hydrogen (secondary N) is 1. The molecule has 2 fully saturated rings. The predicted octanol–water partition coefficient (Wildman–Crippen LogP) is 7.18. The van der Waals surface area contributed by atoms with Gasteiger partial charge in [0.1, 0.15) is 5.75 Å². The highest BCUT2D eigenvalue weighted by Crippen LogP contribution is 2.39. The maximum absolute atomic E-state index is 14.5. The van der Waals surface area contributed by atoms with Crippen LogP contribution in [0.2, 0.25) is 0 Å². The summed E-state index contributed by atoms with van der Waals surface area (Å²) in [5.41, 5.74) is 6.79. The third-order valence-electron chi connectivity index (χ3n) is 11.3. The Labute approximate surface area is 324 Å². The van der Waals surface area contributed by atoms with Gasteiger partial charge in [-0.15, -0.1) is 0 Å². The lowest BCUT2D eigenvalue weighted by atomic mass is 9.90. The van der Waals surface area contributed by atoms with Crippen molar-refractivity contribution in [3.63, 3.8) is 0 Å². The quantitative estimate of drug-likeness (QED) is 0.153. The molecule has 1 amide bonds. The second-order valence-corrected chi connectivity index (χ2v) is 14.9. The number of aromatic nitrogens is 2. The zero-order valence-electron chi connectivity index (χ0n) is 32.0. The number of likely N-dealkylation sites (tertiary alicyclic amines) is 1. The number of hydrogen-bond donors (Lipinski definition) is 2. The Bertz CT molecular complexity index is 2170. The van der Waals surface area contributed by atoms with Crippen molar-refractivity contribution < 1.29 is 37.3 Å². The van der Waals surface area contributed by atoms with E-state index in [9.17, 15) is 27.9 Å². The van der Waals surface area contributed by atoms with Crippen LogP contribution in [0.25, 0.3) is 34.7 Å². The molecule has 2 N–H and O–H groups in total. The zero-order valence-corrected chi connectivity index (χ0v) is 32.0. The number of nitrogens with zero attached hydrogens (tertiary/aromatic N) is 4. The van der Waals surface area contributed by atoms with Crippen molar-refractivity contribution in [2.75, 3.05) is 40.4 Å². The number of methoxy groups -OCH3 is 2. The zero-order chi connectivity index (χ0) is 39.7. The number of carbonyl (C=O) groups excluding carboxylic acids is 1. The number of carbonyl (C=O) groups is 2. The third kappa shape index (κ3) is 8.15. The van der Waals surface area contributed by atoms with Gasteiger partial charge in [0.15, 0.2) is 5.82 Å². The standard InChI is InChI=1S/C43H46F3N5O5/c1-25-27(11-12-28-20-38(55-3)30(19-36(28)43(44,45)46)22-50-17-15-29(21-50)42(53)54)7-5-8-32(25)33-9-6-10-34(26(33)2)40-48-37-16-18-51(23-31-13-14-39(52)47-31)24-35(37)41(49-40)56-4/h5-12,19-20,29,31H,13-18,21-24H2,1-4H3,(H,47,52)(H,53,54)/b12-11+. The molecule has 4 aromatic rings. The molecule has 2 saturated heterocycles. The minimum Gasteiger partial charge on any atom is -0.496 e. The van der Waals surface area contributed by atoms with Gasteiger partial charge in [-0.25, -0.2) is 4.98 Å². The number of fused-ring (bicyclic) bond motifs is 1. The number of halogens is 3. The van der Waals surface area contributed by atoms with E-state index < -0.39 is 23.6 Å². The Morgan fingerprint density at radius 3 is 2.34 bits per heavy atom. The van der Waals surface area contributed by atoms with Gasteiger partial charge < -0.3 is 19.9 Å². The molecular formula is C43H46F3N5O5. The number of carboxylic acids is 1. The van der Waals surface area contributed by atoms with Crippen LogP contribution < -0.4 is 14.8 Å². The summed E-state index contributed by atoms with van der Waals surface area (Å²) in [6, 6.07) is 14.4. The first-order valence-electron chi connectivity index (χ1n) is 18.9. The van der Waals surface area contributed by atoms with Crippen LogP contribution in [0.5, 0.6) is 11.6 Å². The van der Waals surface area contributed by atoms with Crippen LogP contribution in [0.4, 0.5) is 13.2 Å². The normalized spacial score (nSPS) is 19.0. The summed E-state index contributed by atoms with van der Waals surface area (Å²) in [6.07, 6.45) is 1.12. The van der Waals surface area contributed by atoms with E-state index in [0.29, 0.717) is 48.9 Å². The molecule has 3 aliphatic rings. The molecule has 0 saturated carbocycles. The van der Waals surface area contributed by atoms with Gasteiger partial charge in [0.05, 0.1) is 31.4 Å². The second kappa shape index (κ2) is 16.1. The molecule has 7 rings (SSSR count). The number of benzene rings is 3. The number of carboxylic acid groups (broad SMARTS) is 1. The Balaban J connectivity index is 1.16. The van der Waals surface area contributed by atoms with Gasteiger partial charge in [0.25, 0.3) is 0 Å². The Hall–Kier alpha value is -5.27. The van der Waals surface area contributed by atoms with Crippen LogP contribution in [0.3, 0.4) is 0 Å². The van der Waals surface area contributed by atoms with Crippen molar-refractivity contribution in [2.45, 2.75) is 64.8 Å². The first-order valence-corrected chi connectivity index (χ1v) is 18.9. The van der Waals surface area contributed by atoms with Gasteiger partial charge in [0, 0.05) is 68.3 Å². The Kier molecular flexibility index (Phi) is 11.2. The van der Waals surface area contributed by atoms with Gasteiger partial charge in [-0.1, -0.05) is 48.6 Å². The van der Waals surface area contributed by atoms with E-state index in [0.717, 1.165) is 76.6 Å². The number of amides is 1. The lowest BCUT2D eigenvalue weighted by Gasteiger charge is -2.31. The second-order valence-electron chi connectivity index (χ2n) is 14.9. The average Bonchev–Trinajstić information content (AvgIpc) is 3.82. The fourth-order valence-corrected chi connectivity index (χ4v) is 8.24. The molecule has 0 spiro atoms. The third-order valence-corrected chi connectivity index (χ3v) is 11.3. The summed E-state index contributed by atoms with van der Waals surface area (Å²) in [6.45, 7) is 7.11. The van der Waals surface area contributed by atoms with Crippen LogP contribution >= 0.6 is 0 Å². The molecule has 0 aliphatic carbocycles. The number of rotatable bonds is 11. The van der Waals surface area contributed by atoms with Crippen LogP contribution in [0.1, 0.15) is 63.9 Å². The molecule has 13 heteroatoms. The molecule has 3 aromatic carbocycles. The van der Waals surface area contributed by atoms with Crippen molar-refractivity contribution in [3.8, 4) is 34.1 Å². The van der Waals surface area contributed by atoms with Crippen LogP contribution in [-0.2, 0) is 35.3 Å². The number of ether oxygens (including phenoxy) is 2. The molecule has 1 aromatic heterocycles. The average molecular weight is 770 g/mol. The van der Waals surface area contributed by atoms with Crippen molar-refractivity contribution in [3.05, 3.63) is 93.2 Å². The predicted molar refractivity (Wildman–Crippen MR) is 207 cm³/mol. The summed E-state index contributed by atoms with van der Waals surface area (Å²) >= 11 is 0. The highest BCUT2D eigenvalue weighted by atomic mass is 19.4. The molecule has 3 aliphatic heterocycles. The monoisotopic (exact) mass is 769 g/mol. The highest BCUT2D eigenvalue weighted by Gasteiger charge is 2.35. The van der Waals surface area contributed by atoms with Crippen molar-refractivity contribution in [1.82, 2.24) is 25.1 Å². The topological polar surface area (TPSA) is 117 Å². The number of alkyl halides is 3. The maximum atomic E-state index is 14.5. The Morgan fingerprint density at radius 1 is 0.929 bits per heavy atom. The molecule has 4 heterocycles. The first kappa shape index (κ1) is 39.0. The lowest BCUT2D eigenvalue weighted by Crippen LogP contribution is -2.41. The Morgan fingerprint density at radius 2 is 1.66 bits per heavy atom. The van der Waals surface area contributed by atoms with Gasteiger partial charge in [-0.3, -0.25) is 19.4 Å². The minimum absolute atomic E-state index is 0.0298. The SMILES string of the molecule is COc1cc(/C=C/c2cccc(-c3cccc(-c4nc5c(c(OC)n4)CN(CC4CCC(=O)N4)CC5)c3C)c2C)c(C(F)(F)F)cc1CN1CCC(C(=O)O)C1. The molecule has 2 unspecified atom stereocenters. The fourth-order valence-electron chi connectivity index (χ4n) is 8.24. The summed E-state index contributed by atoms with van der Waals surface area (Å²) in [4.78, 5) is 37.2. The van der Waals surface area contributed by atoms with E-state index in [1.165, 1.54) is 19.3 Å². The van der Waals surface area contributed by atoms with Crippen molar-refractivity contribution in [2.24, 2.45) is 5.92 Å². The van der Waals surface area contributed by atoms with Crippen LogP contribution in [-0.4, -0.2) is 83.2 Å². The summed E-state index contributed by atoms with van der Waals surface area (Å²) < 4.78 is 54.9. The molecule has 0 radical (unpaired) electrons. The van der Waals surface area contributed by atoms with Crippen LogP contribution in [0.15, 0.2) is 48.5 Å². The number of hydrogen-bond acceptors (Lipinski definition) is 8. The minimum atomic E-state index is -4.63. The molecule has 0 bridgehead atoms. The van der Waals surface area contributed by atoms with Gasteiger partial charge >= 0.3 is 12.1 Å². The van der Waals surface area contributed by atoms with E-state index in [-0.39, 0.29) is 30.6 Å². The smallest absolute Gasteiger partial charge is 0.417 e. The molecule has 56 heavy (non-hydrogen) atoms. The van der Waals surface area contributed by atoms with E-state index in [2.05, 4.69) is 10.2 Å². The summed E-state index contributed by atoms with van der Waals surface area (Å²) in [5, 5.41) is 12.4. The fraction of sp³-hybridized carbons (Fsp3) is 0.395. The molecule has 10 nitrogen and oxygen atoms in total. The van der Waals surface area contributed by atoms with Crippen molar-refractivity contribution >= 4 is 24.0 Å². The van der Waals surface area contributed by atoms with E-state index in [4.69, 9.17) is 19.4 Å². The highest BCUT2D eigenvalue weighted by molar-refractivity contribution is 5.82. The van der Waals surface area contributed by atoms with E-state index >= 15 is 0 Å².